The van der Waals surface area contributed by atoms with Gasteiger partial charge in [-0.1, -0.05) is 76.8 Å². The number of benzene rings is 1. The third-order valence-corrected chi connectivity index (χ3v) is 12.5. The molecule has 0 aromatic heterocycles. The molecule has 1 aromatic rings. The minimum absolute atomic E-state index is 0.0153. The number of primary amides is 4. The van der Waals surface area contributed by atoms with Crippen molar-refractivity contribution < 1.29 is 67.7 Å². The number of phenolic OH excluding ortho intramolecular Hbond substituents is 1. The van der Waals surface area contributed by atoms with E-state index in [-0.39, 0.29) is 31.6 Å². The van der Waals surface area contributed by atoms with Crippen LogP contribution in [0.25, 0.3) is 0 Å². The number of carbonyl (C=O) groups excluding carboxylic acids is 12. The second-order valence-electron chi connectivity index (χ2n) is 18.7. The summed E-state index contributed by atoms with van der Waals surface area (Å²) in [5, 5.41) is 37.0. The number of nitrogens with zero attached hydrogens (tertiary/aromatic N) is 1. The van der Waals surface area contributed by atoms with Gasteiger partial charge < -0.3 is 75.3 Å². The van der Waals surface area contributed by atoms with Gasteiger partial charge in [0.15, 0.2) is 0 Å². The highest BCUT2D eigenvalue weighted by atomic mass is 16.3. The van der Waals surface area contributed by atoms with E-state index in [0.29, 0.717) is 18.4 Å². The molecular formula is C48H74N12O14. The molecule has 410 valence electrons. The minimum atomic E-state index is -1.90. The number of phenols is 1. The van der Waals surface area contributed by atoms with Gasteiger partial charge in [0, 0.05) is 31.8 Å². The number of hydrogen-bond acceptors (Lipinski definition) is 14. The number of aliphatic hydroxyl groups is 1. The fraction of sp³-hybridized carbons (Fsp3) is 0.625. The lowest BCUT2D eigenvalue weighted by Crippen LogP contribution is -2.61. The highest BCUT2D eigenvalue weighted by Gasteiger charge is 2.40. The maximum absolute atomic E-state index is 14.2. The van der Waals surface area contributed by atoms with Crippen molar-refractivity contribution in [1.82, 2.24) is 42.1 Å². The molecule has 0 bridgehead atoms. The van der Waals surface area contributed by atoms with Crippen molar-refractivity contribution >= 4 is 70.9 Å². The molecule has 12 amide bonds. The molecule has 26 heteroatoms. The quantitative estimate of drug-likeness (QED) is 0.0502. The molecule has 2 saturated heterocycles. The van der Waals surface area contributed by atoms with Crippen LogP contribution in [0.15, 0.2) is 24.3 Å². The third kappa shape index (κ3) is 21.4. The van der Waals surface area contributed by atoms with Crippen molar-refractivity contribution in [3.8, 4) is 5.75 Å². The topological polar surface area (TPSA) is 437 Å². The summed E-state index contributed by atoms with van der Waals surface area (Å²) in [4.78, 5) is 162. The van der Waals surface area contributed by atoms with Gasteiger partial charge >= 0.3 is 0 Å². The lowest BCUT2D eigenvalue weighted by molar-refractivity contribution is -0.143. The van der Waals surface area contributed by atoms with Crippen LogP contribution in [0, 0.1) is 0 Å². The van der Waals surface area contributed by atoms with E-state index in [1.807, 2.05) is 0 Å². The third-order valence-electron chi connectivity index (χ3n) is 12.5. The van der Waals surface area contributed by atoms with Gasteiger partial charge in [0.05, 0.1) is 25.9 Å². The van der Waals surface area contributed by atoms with Gasteiger partial charge in [-0.15, -0.1) is 0 Å². The molecule has 2 fully saturated rings. The molecule has 2 unspecified atom stereocenters. The zero-order chi connectivity index (χ0) is 54.9. The summed E-state index contributed by atoms with van der Waals surface area (Å²) in [5.41, 5.74) is 22.1. The van der Waals surface area contributed by atoms with Crippen LogP contribution >= 0.6 is 0 Å². The first-order valence-electron chi connectivity index (χ1n) is 25.1. The number of nitrogens with two attached hydrogens (primary N) is 4. The van der Waals surface area contributed by atoms with Crippen LogP contribution in [0.1, 0.15) is 128 Å². The number of aromatic hydroxyl groups is 1. The van der Waals surface area contributed by atoms with E-state index in [1.165, 1.54) is 24.3 Å². The van der Waals surface area contributed by atoms with Crippen LogP contribution in [0.5, 0.6) is 5.75 Å². The number of carbonyl (C=O) groups is 12. The maximum Gasteiger partial charge on any atom is 0.246 e. The zero-order valence-electron chi connectivity index (χ0n) is 41.8. The van der Waals surface area contributed by atoms with Crippen molar-refractivity contribution in [2.24, 2.45) is 22.9 Å². The Balaban J connectivity index is 2.13. The second-order valence-corrected chi connectivity index (χ2v) is 18.7. The van der Waals surface area contributed by atoms with Crippen molar-refractivity contribution in [1.29, 1.82) is 0 Å². The van der Waals surface area contributed by atoms with Gasteiger partial charge in [-0.3, -0.25) is 57.5 Å². The predicted octanol–water partition coefficient (Wildman–Crippen LogP) is -3.47. The molecule has 0 saturated carbocycles. The average molecular weight is 1040 g/mol. The summed E-state index contributed by atoms with van der Waals surface area (Å²) in [6.07, 6.45) is 5.00. The molecule has 0 spiro atoms. The van der Waals surface area contributed by atoms with Crippen LogP contribution in [-0.4, -0.2) is 147 Å². The summed E-state index contributed by atoms with van der Waals surface area (Å²) in [6.45, 7) is 0.993. The van der Waals surface area contributed by atoms with E-state index in [9.17, 15) is 67.7 Å². The summed E-state index contributed by atoms with van der Waals surface area (Å²) >= 11 is 0. The van der Waals surface area contributed by atoms with Crippen LogP contribution in [0.2, 0.25) is 0 Å². The van der Waals surface area contributed by atoms with Crippen molar-refractivity contribution in [3.05, 3.63) is 29.8 Å². The van der Waals surface area contributed by atoms with Gasteiger partial charge in [-0.05, 0) is 43.4 Å². The first-order valence-corrected chi connectivity index (χ1v) is 25.1. The standard InChI is InChI=1S/C48H74N12O14/c1-2-3-4-5-6-7-8-9-10-12-28-22-41(67)54-32(23-38(50)64)44(70)56-31(21-27-14-16-29(62)17-15-27)43(69)57-33(24-39(51)65)45(71)55-30(18-19-37(49)63)42(68)59-35(26-61)46(72)58-34(25-40(52)66)48(74)60-20-11-13-36(60)47(73)53-28/h14-17,28,30-36,61-62H,2-13,18-26H2,1H3,(H2,49,63)(H2,50,64)(H2,51,65)(H2,52,66)(H,53,73)(H,54,67)(H,55,71)(H,56,70)(H,57,69)(H,58,72)(H,59,68)/t28?,30-,31+,32-,33-,34-,35-,36?/m0/s1. The second kappa shape index (κ2) is 31.3. The predicted molar refractivity (Wildman–Crippen MR) is 263 cm³/mol. The van der Waals surface area contributed by atoms with E-state index in [4.69, 9.17) is 22.9 Å². The van der Waals surface area contributed by atoms with Crippen LogP contribution in [0.3, 0.4) is 0 Å². The Bertz CT molecular complexity index is 2160. The number of unbranched alkanes of at least 4 members (excludes halogenated alkanes) is 8. The molecule has 3 rings (SSSR count). The Labute approximate surface area is 428 Å². The maximum atomic E-state index is 14.2. The summed E-state index contributed by atoms with van der Waals surface area (Å²) in [6, 6.07) is -7.38. The SMILES string of the molecule is CCCCCCCCCCCC1CC(=O)N[C@@H](CC(N)=O)C(=O)N[C@H](Cc2ccc(O)cc2)C(=O)N[C@@H](CC(N)=O)C(=O)N[C@@H](CCC(N)=O)C(=O)N[C@@H](CO)C(=O)N[C@@H](CC(N)=O)C(=O)N2CCCC2C(=O)N1. The monoisotopic (exact) mass is 1040 g/mol. The number of nitrogens with one attached hydrogen (secondary N) is 7. The number of hydrogen-bond donors (Lipinski definition) is 13. The van der Waals surface area contributed by atoms with Gasteiger partial charge in [0.2, 0.25) is 70.9 Å². The molecule has 0 aliphatic carbocycles. The summed E-state index contributed by atoms with van der Waals surface area (Å²) < 4.78 is 0. The lowest BCUT2D eigenvalue weighted by atomic mass is 10.0. The van der Waals surface area contributed by atoms with Crippen molar-refractivity contribution in [3.63, 3.8) is 0 Å². The summed E-state index contributed by atoms with van der Waals surface area (Å²) in [7, 11) is 0. The number of rotatable bonds is 22. The van der Waals surface area contributed by atoms with Gasteiger partial charge in [0.25, 0.3) is 0 Å². The smallest absolute Gasteiger partial charge is 0.246 e. The number of amides is 12. The van der Waals surface area contributed by atoms with Crippen LogP contribution in [0.4, 0.5) is 0 Å². The molecule has 2 heterocycles. The molecular weight excluding hydrogens is 969 g/mol. The van der Waals surface area contributed by atoms with E-state index in [0.717, 1.165) is 56.3 Å². The minimum Gasteiger partial charge on any atom is -0.508 e. The molecule has 8 atom stereocenters. The van der Waals surface area contributed by atoms with E-state index < -0.39 is 164 Å². The molecule has 2 aliphatic heterocycles. The van der Waals surface area contributed by atoms with E-state index >= 15 is 0 Å². The fourth-order valence-corrected chi connectivity index (χ4v) is 8.61. The highest BCUT2D eigenvalue weighted by molar-refractivity contribution is 6.00. The molecule has 17 N–H and O–H groups in total. The van der Waals surface area contributed by atoms with Gasteiger partial charge in [-0.25, -0.2) is 0 Å². The molecule has 1 aromatic carbocycles. The zero-order valence-corrected chi connectivity index (χ0v) is 41.8. The Morgan fingerprint density at radius 3 is 1.59 bits per heavy atom. The van der Waals surface area contributed by atoms with E-state index in [2.05, 4.69) is 44.1 Å². The Kier molecular flexibility index (Phi) is 25.7. The van der Waals surface area contributed by atoms with Crippen LogP contribution in [-0.2, 0) is 64.0 Å². The summed E-state index contributed by atoms with van der Waals surface area (Å²) in [5.74, 6) is -12.7. The van der Waals surface area contributed by atoms with Gasteiger partial charge in [-0.2, -0.15) is 0 Å². The van der Waals surface area contributed by atoms with E-state index in [1.54, 1.807) is 0 Å². The van der Waals surface area contributed by atoms with Gasteiger partial charge in [0.1, 0.15) is 48.0 Å². The first kappa shape index (κ1) is 60.9. The molecule has 0 radical (unpaired) electrons. The largest absolute Gasteiger partial charge is 0.508 e. The Morgan fingerprint density at radius 1 is 0.554 bits per heavy atom. The number of fused-ring (bicyclic) bond motifs is 1. The fourth-order valence-electron chi connectivity index (χ4n) is 8.61. The Morgan fingerprint density at radius 2 is 1.03 bits per heavy atom. The highest BCUT2D eigenvalue weighted by Crippen LogP contribution is 2.21. The van der Waals surface area contributed by atoms with Crippen molar-refractivity contribution in [2.75, 3.05) is 13.2 Å². The first-order chi connectivity index (χ1) is 35.1. The number of aliphatic hydroxyl groups excluding tert-OH is 1. The average Bonchev–Trinajstić information content (AvgIpc) is 3.83. The molecule has 74 heavy (non-hydrogen) atoms. The molecule has 26 nitrogen and oxygen atoms in total. The Hall–Kier alpha value is -7.38. The lowest BCUT2D eigenvalue weighted by Gasteiger charge is -2.30. The van der Waals surface area contributed by atoms with Crippen molar-refractivity contribution in [2.45, 2.75) is 177 Å². The van der Waals surface area contributed by atoms with Crippen LogP contribution < -0.4 is 60.2 Å². The molecule has 2 aliphatic rings. The normalized spacial score (nSPS) is 24.1.